The van der Waals surface area contributed by atoms with Crippen LogP contribution in [0.2, 0.25) is 5.02 Å². The Labute approximate surface area is 97.1 Å². The summed E-state index contributed by atoms with van der Waals surface area (Å²) in [5, 5.41) is 3.15. The summed E-state index contributed by atoms with van der Waals surface area (Å²) in [5.41, 5.74) is 10.4. The molecule has 16 heavy (non-hydrogen) atoms. The number of amides is 1. The molecule has 1 rings (SSSR count). The van der Waals surface area contributed by atoms with Gasteiger partial charge in [0.1, 0.15) is 23.8 Å². The van der Waals surface area contributed by atoms with Crippen LogP contribution in [0.3, 0.4) is 0 Å². The van der Waals surface area contributed by atoms with Crippen molar-refractivity contribution in [1.29, 1.82) is 0 Å². The molecule has 7 nitrogen and oxygen atoms in total. The number of aromatic nitrogens is 2. The largest absolute Gasteiger partial charge is 0.382 e. The molecule has 0 fully saturated rings. The van der Waals surface area contributed by atoms with E-state index in [0.717, 1.165) is 0 Å². The molecule has 88 valence electrons. The Morgan fingerprint density at radius 2 is 2.31 bits per heavy atom. The summed E-state index contributed by atoms with van der Waals surface area (Å²) < 4.78 is 4.93. The maximum absolute atomic E-state index is 10.3. The SMILES string of the molecule is NC(=O)COCCNc1ncnc(N)c1Cl. The van der Waals surface area contributed by atoms with Gasteiger partial charge in [-0.1, -0.05) is 11.6 Å². The molecule has 0 bridgehead atoms. The smallest absolute Gasteiger partial charge is 0.243 e. The Bertz CT molecular complexity index is 373. The van der Waals surface area contributed by atoms with E-state index in [1.807, 2.05) is 0 Å². The lowest BCUT2D eigenvalue weighted by Crippen LogP contribution is -2.20. The average Bonchev–Trinajstić information content (AvgIpc) is 2.23. The molecule has 0 aliphatic carbocycles. The number of carbonyl (C=O) groups is 1. The second kappa shape index (κ2) is 6.09. The van der Waals surface area contributed by atoms with Crippen LogP contribution in [0.5, 0.6) is 0 Å². The Balaban J connectivity index is 2.32. The molecule has 0 aliphatic heterocycles. The van der Waals surface area contributed by atoms with Gasteiger partial charge in [-0.25, -0.2) is 9.97 Å². The van der Waals surface area contributed by atoms with E-state index >= 15 is 0 Å². The zero-order chi connectivity index (χ0) is 12.0. The second-order valence-corrected chi connectivity index (χ2v) is 3.25. The van der Waals surface area contributed by atoms with Crippen LogP contribution in [0, 0.1) is 0 Å². The van der Waals surface area contributed by atoms with Crippen LogP contribution in [-0.2, 0) is 9.53 Å². The zero-order valence-corrected chi connectivity index (χ0v) is 9.20. The Morgan fingerprint density at radius 1 is 1.56 bits per heavy atom. The fraction of sp³-hybridized carbons (Fsp3) is 0.375. The first-order valence-electron chi connectivity index (χ1n) is 4.47. The highest BCUT2D eigenvalue weighted by Gasteiger charge is 2.05. The van der Waals surface area contributed by atoms with Crippen molar-refractivity contribution in [1.82, 2.24) is 9.97 Å². The number of carbonyl (C=O) groups excluding carboxylic acids is 1. The predicted octanol–water partition coefficient (Wildman–Crippen LogP) is -0.374. The second-order valence-electron chi connectivity index (χ2n) is 2.87. The van der Waals surface area contributed by atoms with Crippen LogP contribution >= 0.6 is 11.6 Å². The highest BCUT2D eigenvalue weighted by molar-refractivity contribution is 6.35. The van der Waals surface area contributed by atoms with E-state index in [9.17, 15) is 4.79 Å². The topological polar surface area (TPSA) is 116 Å². The number of halogens is 1. The van der Waals surface area contributed by atoms with E-state index in [1.165, 1.54) is 6.33 Å². The quantitative estimate of drug-likeness (QED) is 0.589. The lowest BCUT2D eigenvalue weighted by Gasteiger charge is -2.07. The summed E-state index contributed by atoms with van der Waals surface area (Å²) in [5.74, 6) is 0.123. The standard InChI is InChI=1S/C8H12ClN5O2/c9-6-7(11)13-4-14-8(6)12-1-2-16-3-5(10)15/h4H,1-3H2,(H2,10,15)(H3,11,12,13,14). The summed E-state index contributed by atoms with van der Waals surface area (Å²) in [6, 6.07) is 0. The van der Waals surface area contributed by atoms with Gasteiger partial charge in [-0.2, -0.15) is 0 Å². The molecule has 1 aromatic rings. The van der Waals surface area contributed by atoms with Gasteiger partial charge in [-0.3, -0.25) is 4.79 Å². The number of primary amides is 1. The summed E-state index contributed by atoms with van der Waals surface area (Å²) in [7, 11) is 0. The van der Waals surface area contributed by atoms with Crippen LogP contribution in [0.4, 0.5) is 11.6 Å². The van der Waals surface area contributed by atoms with Gasteiger partial charge in [-0.05, 0) is 0 Å². The number of hydrogen-bond donors (Lipinski definition) is 3. The van der Waals surface area contributed by atoms with Crippen molar-refractivity contribution in [2.24, 2.45) is 5.73 Å². The van der Waals surface area contributed by atoms with Crippen LogP contribution in [0.25, 0.3) is 0 Å². The Kier molecular flexibility index (Phi) is 4.74. The fourth-order valence-electron chi connectivity index (χ4n) is 0.921. The highest BCUT2D eigenvalue weighted by Crippen LogP contribution is 2.22. The maximum atomic E-state index is 10.3. The van der Waals surface area contributed by atoms with E-state index in [4.69, 9.17) is 27.8 Å². The molecule has 0 radical (unpaired) electrons. The van der Waals surface area contributed by atoms with Gasteiger partial charge in [-0.15, -0.1) is 0 Å². The third kappa shape index (κ3) is 3.87. The predicted molar refractivity (Wildman–Crippen MR) is 60.0 cm³/mol. The summed E-state index contributed by atoms with van der Waals surface area (Å²) >= 11 is 5.83. The third-order valence-corrected chi connectivity index (χ3v) is 1.97. The molecule has 5 N–H and O–H groups in total. The van der Waals surface area contributed by atoms with Crippen LogP contribution in [0.15, 0.2) is 6.33 Å². The van der Waals surface area contributed by atoms with E-state index in [0.29, 0.717) is 19.0 Å². The van der Waals surface area contributed by atoms with E-state index < -0.39 is 5.91 Å². The normalized spacial score (nSPS) is 10.1. The highest BCUT2D eigenvalue weighted by atomic mass is 35.5. The van der Waals surface area contributed by atoms with Gasteiger partial charge < -0.3 is 21.5 Å². The van der Waals surface area contributed by atoms with Crippen molar-refractivity contribution in [3.05, 3.63) is 11.3 Å². The molecular weight excluding hydrogens is 234 g/mol. The lowest BCUT2D eigenvalue weighted by molar-refractivity contribution is -0.122. The number of nitrogens with zero attached hydrogens (tertiary/aromatic N) is 2. The molecule has 0 aromatic carbocycles. The van der Waals surface area contributed by atoms with E-state index in [2.05, 4.69) is 15.3 Å². The molecule has 0 saturated heterocycles. The molecule has 0 spiro atoms. The molecule has 0 unspecified atom stereocenters. The van der Waals surface area contributed by atoms with Gasteiger partial charge >= 0.3 is 0 Å². The van der Waals surface area contributed by atoms with E-state index in [-0.39, 0.29) is 17.4 Å². The minimum Gasteiger partial charge on any atom is -0.382 e. The average molecular weight is 246 g/mol. The molecule has 1 amide bonds. The van der Waals surface area contributed by atoms with Crippen LogP contribution in [0.1, 0.15) is 0 Å². The van der Waals surface area contributed by atoms with Crippen molar-refractivity contribution in [3.63, 3.8) is 0 Å². The minimum absolute atomic E-state index is 0.110. The molecular formula is C8H12ClN5O2. The number of nitrogen functional groups attached to an aromatic ring is 1. The maximum Gasteiger partial charge on any atom is 0.243 e. The first kappa shape index (κ1) is 12.5. The fourth-order valence-corrected chi connectivity index (χ4v) is 1.09. The number of nitrogens with two attached hydrogens (primary N) is 2. The first-order valence-corrected chi connectivity index (χ1v) is 4.85. The number of ether oxygens (including phenoxy) is 1. The van der Waals surface area contributed by atoms with Gasteiger partial charge in [0, 0.05) is 6.54 Å². The minimum atomic E-state index is -0.510. The molecule has 0 atom stereocenters. The monoisotopic (exact) mass is 245 g/mol. The molecule has 0 aliphatic rings. The molecule has 8 heteroatoms. The first-order chi connectivity index (χ1) is 7.61. The van der Waals surface area contributed by atoms with Gasteiger partial charge in [0.2, 0.25) is 5.91 Å². The van der Waals surface area contributed by atoms with Crippen LogP contribution < -0.4 is 16.8 Å². The van der Waals surface area contributed by atoms with Crippen molar-refractivity contribution in [2.45, 2.75) is 0 Å². The third-order valence-electron chi connectivity index (χ3n) is 1.60. The molecule has 0 saturated carbocycles. The van der Waals surface area contributed by atoms with Crippen molar-refractivity contribution < 1.29 is 9.53 Å². The molecule has 1 heterocycles. The van der Waals surface area contributed by atoms with E-state index in [1.54, 1.807) is 0 Å². The van der Waals surface area contributed by atoms with Crippen LogP contribution in [-0.4, -0.2) is 35.6 Å². The summed E-state index contributed by atoms with van der Waals surface area (Å²) in [6.45, 7) is 0.633. The van der Waals surface area contributed by atoms with Gasteiger partial charge in [0.05, 0.1) is 6.61 Å². The zero-order valence-electron chi connectivity index (χ0n) is 8.44. The van der Waals surface area contributed by atoms with Gasteiger partial charge in [0.15, 0.2) is 5.82 Å². The van der Waals surface area contributed by atoms with Crippen molar-refractivity contribution in [2.75, 3.05) is 30.8 Å². The Hall–Kier alpha value is -1.60. The molecule has 1 aromatic heterocycles. The summed E-state index contributed by atoms with van der Waals surface area (Å²) in [6.07, 6.45) is 1.30. The van der Waals surface area contributed by atoms with Crippen molar-refractivity contribution >= 4 is 29.1 Å². The number of nitrogens with one attached hydrogen (secondary N) is 1. The number of rotatable bonds is 6. The number of hydrogen-bond acceptors (Lipinski definition) is 6. The number of anilines is 2. The Morgan fingerprint density at radius 3 is 3.00 bits per heavy atom. The van der Waals surface area contributed by atoms with Crippen molar-refractivity contribution in [3.8, 4) is 0 Å². The summed E-state index contributed by atoms with van der Waals surface area (Å²) in [4.78, 5) is 17.9. The van der Waals surface area contributed by atoms with Gasteiger partial charge in [0.25, 0.3) is 0 Å². The lowest BCUT2D eigenvalue weighted by atomic mass is 10.5.